The maximum Gasteiger partial charge on any atom is 0.187 e. The first-order chi connectivity index (χ1) is 12.5. The summed E-state index contributed by atoms with van der Waals surface area (Å²) in [6.07, 6.45) is 7.71. The second-order valence-electron chi connectivity index (χ2n) is 6.68. The lowest BCUT2D eigenvalue weighted by Crippen LogP contribution is -1.94. The highest BCUT2D eigenvalue weighted by Crippen LogP contribution is 2.19. The molecule has 0 radical (unpaired) electrons. The Balaban J connectivity index is 1.47. The van der Waals surface area contributed by atoms with E-state index >= 15 is 0 Å². The predicted octanol–water partition coefficient (Wildman–Crippen LogP) is 5.73. The van der Waals surface area contributed by atoms with Crippen molar-refractivity contribution in [3.05, 3.63) is 34.9 Å². The molecule has 0 saturated heterocycles. The number of aromatic nitrogens is 4. The maximum atomic E-state index is 4.48. The highest BCUT2D eigenvalue weighted by atomic mass is 32.2. The fourth-order valence-corrected chi connectivity index (χ4v) is 4.65. The molecule has 2 aromatic rings. The lowest BCUT2D eigenvalue weighted by Gasteiger charge is -2.04. The van der Waals surface area contributed by atoms with Crippen LogP contribution in [-0.2, 0) is 0 Å². The Bertz CT molecular complexity index is 592. The van der Waals surface area contributed by atoms with Crippen LogP contribution in [0.4, 0.5) is 0 Å². The molecule has 26 heavy (non-hydrogen) atoms. The minimum Gasteiger partial charge on any atom is -0.228 e. The minimum absolute atomic E-state index is 0.924. The number of unbranched alkanes of at least 4 members (excludes halogenated alkanes) is 5. The van der Waals surface area contributed by atoms with Crippen molar-refractivity contribution in [1.82, 2.24) is 19.9 Å². The van der Waals surface area contributed by atoms with Crippen molar-refractivity contribution >= 4 is 23.5 Å². The van der Waals surface area contributed by atoms with Gasteiger partial charge in [0.2, 0.25) is 0 Å². The van der Waals surface area contributed by atoms with Gasteiger partial charge < -0.3 is 0 Å². The van der Waals surface area contributed by atoms with Gasteiger partial charge in [0.15, 0.2) is 10.3 Å². The number of hydrogen-bond acceptors (Lipinski definition) is 6. The van der Waals surface area contributed by atoms with Crippen LogP contribution in [0.5, 0.6) is 0 Å². The Morgan fingerprint density at radius 2 is 0.846 bits per heavy atom. The van der Waals surface area contributed by atoms with Crippen LogP contribution in [-0.4, -0.2) is 31.4 Å². The summed E-state index contributed by atoms with van der Waals surface area (Å²) >= 11 is 3.56. The van der Waals surface area contributed by atoms with Gasteiger partial charge in [-0.3, -0.25) is 0 Å². The summed E-state index contributed by atoms with van der Waals surface area (Å²) in [6, 6.07) is 4.04. The number of aryl methyl sites for hydroxylation is 4. The molecule has 2 heterocycles. The number of hydrogen-bond donors (Lipinski definition) is 0. The first-order valence-corrected chi connectivity index (χ1v) is 11.4. The van der Waals surface area contributed by atoms with Crippen molar-refractivity contribution in [2.75, 3.05) is 11.5 Å². The summed E-state index contributed by atoms with van der Waals surface area (Å²) in [5.74, 6) is 2.23. The van der Waals surface area contributed by atoms with Gasteiger partial charge in [-0.2, -0.15) is 0 Å². The van der Waals surface area contributed by atoms with E-state index in [1.165, 1.54) is 38.5 Å². The Morgan fingerprint density at radius 1 is 0.538 bits per heavy atom. The topological polar surface area (TPSA) is 51.6 Å². The molecular weight excluding hydrogens is 360 g/mol. The molecule has 0 aliphatic rings. The molecule has 0 unspecified atom stereocenters. The van der Waals surface area contributed by atoms with E-state index in [4.69, 9.17) is 0 Å². The van der Waals surface area contributed by atoms with Crippen LogP contribution < -0.4 is 0 Å². The van der Waals surface area contributed by atoms with E-state index in [1.807, 2.05) is 39.8 Å². The second kappa shape index (κ2) is 11.5. The van der Waals surface area contributed by atoms with Gasteiger partial charge in [0.05, 0.1) is 0 Å². The molecule has 0 atom stereocenters. The van der Waals surface area contributed by atoms with Crippen molar-refractivity contribution in [1.29, 1.82) is 0 Å². The van der Waals surface area contributed by atoms with Crippen LogP contribution in [0, 0.1) is 27.7 Å². The number of rotatable bonds is 11. The molecule has 6 heteroatoms. The molecule has 0 fully saturated rings. The monoisotopic (exact) mass is 390 g/mol. The number of nitrogens with zero attached hydrogens (tertiary/aromatic N) is 4. The molecule has 0 amide bonds. The summed E-state index contributed by atoms with van der Waals surface area (Å²) in [4.78, 5) is 17.9. The van der Waals surface area contributed by atoms with Gasteiger partial charge in [-0.15, -0.1) is 0 Å². The first kappa shape index (κ1) is 21.2. The summed E-state index contributed by atoms with van der Waals surface area (Å²) in [5.41, 5.74) is 4.24. The van der Waals surface area contributed by atoms with Gasteiger partial charge >= 0.3 is 0 Å². The van der Waals surface area contributed by atoms with E-state index in [2.05, 4.69) is 19.9 Å². The van der Waals surface area contributed by atoms with Gasteiger partial charge in [0.1, 0.15) is 0 Å². The Morgan fingerprint density at radius 3 is 1.19 bits per heavy atom. The third-order valence-corrected chi connectivity index (χ3v) is 5.79. The Kier molecular flexibility index (Phi) is 9.40. The fraction of sp³-hybridized carbons (Fsp3) is 0.600. The van der Waals surface area contributed by atoms with Crippen molar-refractivity contribution < 1.29 is 0 Å². The molecule has 2 rings (SSSR count). The van der Waals surface area contributed by atoms with Crippen LogP contribution in [0.25, 0.3) is 0 Å². The summed E-state index contributed by atoms with van der Waals surface area (Å²) in [5, 5.41) is 1.85. The quantitative estimate of drug-likeness (QED) is 0.278. The van der Waals surface area contributed by atoms with Crippen LogP contribution >= 0.6 is 23.5 Å². The molecule has 0 N–H and O–H groups in total. The van der Waals surface area contributed by atoms with Gasteiger partial charge in [0.25, 0.3) is 0 Å². The molecule has 2 aromatic heterocycles. The van der Waals surface area contributed by atoms with E-state index in [-0.39, 0.29) is 0 Å². The molecule has 0 spiro atoms. The molecular formula is C20H30N4S2. The first-order valence-electron chi connectivity index (χ1n) is 9.43. The smallest absolute Gasteiger partial charge is 0.187 e. The minimum atomic E-state index is 0.924. The molecule has 4 nitrogen and oxygen atoms in total. The summed E-state index contributed by atoms with van der Waals surface area (Å²) in [6.45, 7) is 8.12. The van der Waals surface area contributed by atoms with Crippen molar-refractivity contribution in [3.63, 3.8) is 0 Å². The maximum absolute atomic E-state index is 4.48. The molecule has 0 bridgehead atoms. The van der Waals surface area contributed by atoms with Crippen LogP contribution in [0.3, 0.4) is 0 Å². The van der Waals surface area contributed by atoms with E-state index < -0.39 is 0 Å². The normalized spacial score (nSPS) is 11.1. The summed E-state index contributed by atoms with van der Waals surface area (Å²) < 4.78 is 0. The zero-order valence-electron chi connectivity index (χ0n) is 16.4. The average Bonchev–Trinajstić information content (AvgIpc) is 2.55. The van der Waals surface area contributed by atoms with Gasteiger partial charge in [-0.1, -0.05) is 49.2 Å². The largest absolute Gasteiger partial charge is 0.228 e. The zero-order valence-corrected chi connectivity index (χ0v) is 18.0. The molecule has 0 saturated carbocycles. The van der Waals surface area contributed by atoms with Gasteiger partial charge in [-0.05, 0) is 52.7 Å². The summed E-state index contributed by atoms with van der Waals surface area (Å²) in [7, 11) is 0. The van der Waals surface area contributed by atoms with Crippen molar-refractivity contribution in [2.45, 2.75) is 76.5 Å². The second-order valence-corrected chi connectivity index (χ2v) is 8.81. The van der Waals surface area contributed by atoms with Crippen LogP contribution in [0.1, 0.15) is 61.3 Å². The fourth-order valence-electron chi connectivity index (χ4n) is 2.75. The van der Waals surface area contributed by atoms with Crippen molar-refractivity contribution in [3.8, 4) is 0 Å². The van der Waals surface area contributed by atoms with Crippen LogP contribution in [0.2, 0.25) is 0 Å². The van der Waals surface area contributed by atoms with E-state index in [0.717, 1.165) is 44.6 Å². The van der Waals surface area contributed by atoms with Crippen molar-refractivity contribution in [2.24, 2.45) is 0 Å². The van der Waals surface area contributed by atoms with E-state index in [0.29, 0.717) is 0 Å². The number of thioether (sulfide) groups is 2. The molecule has 0 aliphatic heterocycles. The molecule has 0 aromatic carbocycles. The third-order valence-electron chi connectivity index (χ3n) is 3.92. The van der Waals surface area contributed by atoms with Crippen LogP contribution in [0.15, 0.2) is 22.4 Å². The van der Waals surface area contributed by atoms with E-state index in [1.54, 1.807) is 23.5 Å². The lowest BCUT2D eigenvalue weighted by atomic mass is 10.1. The highest BCUT2D eigenvalue weighted by Gasteiger charge is 2.02. The molecule has 142 valence electrons. The highest BCUT2D eigenvalue weighted by molar-refractivity contribution is 7.99. The molecule has 0 aliphatic carbocycles. The standard InChI is InChI=1S/C20H30N4S2/c1-15-13-16(2)22-19(21-15)25-11-9-7-5-6-8-10-12-26-20-23-17(3)14-18(4)24-20/h13-14H,5-12H2,1-4H3. The SMILES string of the molecule is Cc1cc(C)nc(SCCCCCCCCSc2nc(C)cc(C)n2)n1. The Hall–Kier alpha value is -1.14. The lowest BCUT2D eigenvalue weighted by molar-refractivity contribution is 0.629. The third kappa shape index (κ3) is 8.49. The van der Waals surface area contributed by atoms with E-state index in [9.17, 15) is 0 Å². The predicted molar refractivity (Wildman–Crippen MR) is 112 cm³/mol. The zero-order chi connectivity index (χ0) is 18.8. The average molecular weight is 391 g/mol. The van der Waals surface area contributed by atoms with Gasteiger partial charge in [-0.25, -0.2) is 19.9 Å². The van der Waals surface area contributed by atoms with Gasteiger partial charge in [0, 0.05) is 34.3 Å². The Labute approximate surface area is 166 Å².